The zero-order valence-electron chi connectivity index (χ0n) is 15.2. The zero-order valence-corrected chi connectivity index (χ0v) is 18.3. The predicted octanol–water partition coefficient (Wildman–Crippen LogP) is 5.08. The maximum absolute atomic E-state index is 12.2. The summed E-state index contributed by atoms with van der Waals surface area (Å²) in [6.45, 7) is 0. The Morgan fingerprint density at radius 1 is 0.700 bits per heavy atom. The van der Waals surface area contributed by atoms with Gasteiger partial charge in [0.05, 0.1) is 10.6 Å². The van der Waals surface area contributed by atoms with E-state index >= 15 is 0 Å². The summed E-state index contributed by atoms with van der Waals surface area (Å²) in [5.74, 6) is -1.38. The van der Waals surface area contributed by atoms with Crippen molar-refractivity contribution in [2.45, 2.75) is 0 Å². The summed E-state index contributed by atoms with van der Waals surface area (Å²) in [5.41, 5.74) is 6.09. The maximum Gasteiger partial charge on any atom is 0.271 e. The molecular formula is C21H14BrCl2N3O3. The molecule has 0 aromatic heterocycles. The van der Waals surface area contributed by atoms with E-state index in [1.807, 2.05) is 0 Å². The Kier molecular flexibility index (Phi) is 7.10. The Labute approximate surface area is 190 Å². The molecule has 0 aliphatic carbocycles. The standard InChI is InChI=1S/C21H14BrCl2N3O3/c22-14-5-1-12(2-6-14)19(28)25-16-8-3-13(4-9-16)20(29)26-27-21(30)17-10-7-15(23)11-18(17)24/h1-11H,(H,25,28)(H,26,29)(H,27,30). The van der Waals surface area contributed by atoms with Crippen molar-refractivity contribution in [3.05, 3.63) is 97.9 Å². The number of nitrogens with one attached hydrogen (secondary N) is 3. The minimum atomic E-state index is -0.580. The summed E-state index contributed by atoms with van der Waals surface area (Å²) in [6.07, 6.45) is 0. The van der Waals surface area contributed by atoms with E-state index < -0.39 is 11.8 Å². The molecule has 0 aliphatic rings. The summed E-state index contributed by atoms with van der Waals surface area (Å²) in [6, 6.07) is 17.5. The molecule has 0 aliphatic heterocycles. The summed E-state index contributed by atoms with van der Waals surface area (Å²) in [4.78, 5) is 36.6. The summed E-state index contributed by atoms with van der Waals surface area (Å²) in [5, 5.41) is 3.31. The highest BCUT2D eigenvalue weighted by Gasteiger charge is 2.13. The molecule has 0 radical (unpaired) electrons. The van der Waals surface area contributed by atoms with Gasteiger partial charge in [-0.05, 0) is 66.7 Å². The van der Waals surface area contributed by atoms with Crippen LogP contribution in [0.3, 0.4) is 0 Å². The van der Waals surface area contributed by atoms with Gasteiger partial charge in [0.1, 0.15) is 0 Å². The van der Waals surface area contributed by atoms with E-state index in [9.17, 15) is 14.4 Å². The van der Waals surface area contributed by atoms with Crippen LogP contribution in [-0.4, -0.2) is 17.7 Å². The molecule has 0 spiro atoms. The minimum absolute atomic E-state index is 0.167. The smallest absolute Gasteiger partial charge is 0.271 e. The maximum atomic E-state index is 12.2. The topological polar surface area (TPSA) is 87.3 Å². The predicted molar refractivity (Wildman–Crippen MR) is 120 cm³/mol. The number of rotatable bonds is 4. The van der Waals surface area contributed by atoms with Crippen LogP contribution in [0.2, 0.25) is 10.0 Å². The first-order chi connectivity index (χ1) is 14.3. The van der Waals surface area contributed by atoms with Gasteiger partial charge in [0.2, 0.25) is 0 Å². The monoisotopic (exact) mass is 505 g/mol. The van der Waals surface area contributed by atoms with Crippen molar-refractivity contribution < 1.29 is 14.4 Å². The quantitative estimate of drug-likeness (QED) is 0.431. The number of carbonyl (C=O) groups is 3. The molecular weight excluding hydrogens is 493 g/mol. The van der Waals surface area contributed by atoms with Crippen LogP contribution in [0, 0.1) is 0 Å². The molecule has 0 atom stereocenters. The second-order valence-electron chi connectivity index (χ2n) is 6.07. The van der Waals surface area contributed by atoms with E-state index in [0.29, 0.717) is 21.8 Å². The third-order valence-electron chi connectivity index (χ3n) is 3.98. The molecule has 3 rings (SSSR count). The SMILES string of the molecule is O=C(NNC(=O)c1ccc(Cl)cc1Cl)c1ccc(NC(=O)c2ccc(Br)cc2)cc1. The van der Waals surface area contributed by atoms with Crippen molar-refractivity contribution >= 4 is 62.5 Å². The molecule has 0 saturated heterocycles. The molecule has 3 N–H and O–H groups in total. The van der Waals surface area contributed by atoms with Gasteiger partial charge in [0.25, 0.3) is 17.7 Å². The van der Waals surface area contributed by atoms with Crippen molar-refractivity contribution in [3.63, 3.8) is 0 Å². The molecule has 3 amide bonds. The highest BCUT2D eigenvalue weighted by atomic mass is 79.9. The van der Waals surface area contributed by atoms with E-state index in [0.717, 1.165) is 4.47 Å². The first kappa shape index (κ1) is 21.8. The average molecular weight is 507 g/mol. The van der Waals surface area contributed by atoms with Gasteiger partial charge in [0.15, 0.2) is 0 Å². The molecule has 0 fully saturated rings. The van der Waals surface area contributed by atoms with E-state index in [1.165, 1.54) is 30.3 Å². The van der Waals surface area contributed by atoms with Crippen molar-refractivity contribution in [1.82, 2.24) is 10.9 Å². The number of hydrogen-bond donors (Lipinski definition) is 3. The normalized spacial score (nSPS) is 10.2. The van der Waals surface area contributed by atoms with Gasteiger partial charge in [-0.15, -0.1) is 0 Å². The molecule has 6 nitrogen and oxygen atoms in total. The minimum Gasteiger partial charge on any atom is -0.322 e. The van der Waals surface area contributed by atoms with Crippen LogP contribution in [0.25, 0.3) is 0 Å². The third kappa shape index (κ3) is 5.60. The van der Waals surface area contributed by atoms with Crippen LogP contribution in [0.15, 0.2) is 71.2 Å². The Hall–Kier alpha value is -2.87. The Balaban J connectivity index is 1.57. The van der Waals surface area contributed by atoms with E-state index in [2.05, 4.69) is 32.1 Å². The third-order valence-corrected chi connectivity index (χ3v) is 5.05. The second kappa shape index (κ2) is 9.75. The van der Waals surface area contributed by atoms with Crippen LogP contribution in [-0.2, 0) is 0 Å². The van der Waals surface area contributed by atoms with Gasteiger partial charge < -0.3 is 5.32 Å². The summed E-state index contributed by atoms with van der Waals surface area (Å²) < 4.78 is 0.875. The molecule has 0 saturated carbocycles. The Morgan fingerprint density at radius 3 is 1.90 bits per heavy atom. The highest BCUT2D eigenvalue weighted by molar-refractivity contribution is 9.10. The number of anilines is 1. The lowest BCUT2D eigenvalue weighted by Gasteiger charge is -2.10. The van der Waals surface area contributed by atoms with Crippen LogP contribution in [0.5, 0.6) is 0 Å². The van der Waals surface area contributed by atoms with Crippen molar-refractivity contribution in [2.75, 3.05) is 5.32 Å². The van der Waals surface area contributed by atoms with Crippen LogP contribution in [0.1, 0.15) is 31.1 Å². The lowest BCUT2D eigenvalue weighted by molar-refractivity contribution is 0.0847. The molecule has 152 valence electrons. The first-order valence-electron chi connectivity index (χ1n) is 8.56. The molecule has 3 aromatic rings. The largest absolute Gasteiger partial charge is 0.322 e. The van der Waals surface area contributed by atoms with E-state index in [4.69, 9.17) is 23.2 Å². The molecule has 0 bridgehead atoms. The number of hydrazine groups is 1. The van der Waals surface area contributed by atoms with Gasteiger partial charge in [-0.3, -0.25) is 25.2 Å². The lowest BCUT2D eigenvalue weighted by Crippen LogP contribution is -2.41. The van der Waals surface area contributed by atoms with Crippen molar-refractivity contribution in [1.29, 1.82) is 0 Å². The molecule has 0 unspecified atom stereocenters. The van der Waals surface area contributed by atoms with Crippen molar-refractivity contribution in [2.24, 2.45) is 0 Å². The number of benzene rings is 3. The fourth-order valence-electron chi connectivity index (χ4n) is 2.44. The van der Waals surface area contributed by atoms with Crippen LogP contribution < -0.4 is 16.2 Å². The number of amides is 3. The Bertz CT molecular complexity index is 1100. The average Bonchev–Trinajstić information content (AvgIpc) is 2.72. The van der Waals surface area contributed by atoms with Crippen molar-refractivity contribution in [3.8, 4) is 0 Å². The number of halogens is 3. The number of carbonyl (C=O) groups excluding carboxylic acids is 3. The van der Waals surface area contributed by atoms with Gasteiger partial charge >= 0.3 is 0 Å². The molecule has 3 aromatic carbocycles. The zero-order chi connectivity index (χ0) is 21.7. The summed E-state index contributed by atoms with van der Waals surface area (Å²) in [7, 11) is 0. The van der Waals surface area contributed by atoms with Crippen LogP contribution >= 0.6 is 39.1 Å². The van der Waals surface area contributed by atoms with Gasteiger partial charge in [-0.1, -0.05) is 39.1 Å². The molecule has 9 heteroatoms. The first-order valence-corrected chi connectivity index (χ1v) is 10.1. The molecule has 0 heterocycles. The van der Waals surface area contributed by atoms with Gasteiger partial charge in [0, 0.05) is 26.3 Å². The lowest BCUT2D eigenvalue weighted by atomic mass is 10.1. The second-order valence-corrected chi connectivity index (χ2v) is 7.83. The fourth-order valence-corrected chi connectivity index (χ4v) is 3.19. The van der Waals surface area contributed by atoms with E-state index in [-0.39, 0.29) is 16.5 Å². The summed E-state index contributed by atoms with van der Waals surface area (Å²) >= 11 is 15.1. The van der Waals surface area contributed by atoms with Crippen LogP contribution in [0.4, 0.5) is 5.69 Å². The number of hydrogen-bond acceptors (Lipinski definition) is 3. The van der Waals surface area contributed by atoms with Gasteiger partial charge in [-0.2, -0.15) is 0 Å². The highest BCUT2D eigenvalue weighted by Crippen LogP contribution is 2.20. The van der Waals surface area contributed by atoms with E-state index in [1.54, 1.807) is 36.4 Å². The fraction of sp³-hybridized carbons (Fsp3) is 0. The Morgan fingerprint density at radius 2 is 1.27 bits per heavy atom. The molecule has 30 heavy (non-hydrogen) atoms. The van der Waals surface area contributed by atoms with Gasteiger partial charge in [-0.25, -0.2) is 0 Å².